The van der Waals surface area contributed by atoms with Crippen molar-refractivity contribution >= 4 is 11.4 Å². The van der Waals surface area contributed by atoms with Crippen LogP contribution in [0.25, 0.3) is 0 Å². The molecule has 118 valence electrons. The molecule has 22 heavy (non-hydrogen) atoms. The Morgan fingerprint density at radius 3 is 2.86 bits per heavy atom. The lowest BCUT2D eigenvalue weighted by Crippen LogP contribution is -2.29. The second-order valence-corrected chi connectivity index (χ2v) is 6.09. The Morgan fingerprint density at radius 1 is 1.23 bits per heavy atom. The van der Waals surface area contributed by atoms with Crippen LogP contribution >= 0.6 is 0 Å². The maximum absolute atomic E-state index is 4.14. The standard InChI is InChI=1S/C17H25N5/c1-15(8-11-22-14-18-13-19-22)20-16-6-5-7-17(12-16)21-9-3-2-4-10-21/h5-7,12-15,20H,2-4,8-11H2,1H3/t15-/m1/s1. The van der Waals surface area contributed by atoms with Crippen LogP contribution in [0.15, 0.2) is 36.9 Å². The Balaban J connectivity index is 1.55. The van der Waals surface area contributed by atoms with Gasteiger partial charge < -0.3 is 10.2 Å². The maximum Gasteiger partial charge on any atom is 0.137 e. The Labute approximate surface area is 132 Å². The molecule has 0 spiro atoms. The Kier molecular flexibility index (Phi) is 4.93. The van der Waals surface area contributed by atoms with Crippen LogP contribution in [0, 0.1) is 0 Å². The number of nitrogens with zero attached hydrogens (tertiary/aromatic N) is 4. The van der Waals surface area contributed by atoms with Crippen molar-refractivity contribution in [1.29, 1.82) is 0 Å². The van der Waals surface area contributed by atoms with E-state index in [0.717, 1.165) is 13.0 Å². The average Bonchev–Trinajstić information content (AvgIpc) is 3.08. The molecule has 1 aliphatic heterocycles. The summed E-state index contributed by atoms with van der Waals surface area (Å²) in [6.07, 6.45) is 8.37. The molecule has 1 fully saturated rings. The summed E-state index contributed by atoms with van der Waals surface area (Å²) in [5.41, 5.74) is 2.54. The summed E-state index contributed by atoms with van der Waals surface area (Å²) in [4.78, 5) is 6.47. The number of benzene rings is 1. The van der Waals surface area contributed by atoms with Gasteiger partial charge in [0.1, 0.15) is 12.7 Å². The van der Waals surface area contributed by atoms with E-state index in [-0.39, 0.29) is 0 Å². The monoisotopic (exact) mass is 299 g/mol. The van der Waals surface area contributed by atoms with Gasteiger partial charge in [0.25, 0.3) is 0 Å². The smallest absolute Gasteiger partial charge is 0.137 e. The fraction of sp³-hybridized carbons (Fsp3) is 0.529. The zero-order valence-electron chi connectivity index (χ0n) is 13.3. The minimum Gasteiger partial charge on any atom is -0.382 e. The van der Waals surface area contributed by atoms with Crippen LogP contribution in [0.5, 0.6) is 0 Å². The second-order valence-electron chi connectivity index (χ2n) is 6.09. The maximum atomic E-state index is 4.14. The first-order valence-corrected chi connectivity index (χ1v) is 8.25. The minimum atomic E-state index is 0.404. The van der Waals surface area contributed by atoms with Gasteiger partial charge in [-0.05, 0) is 50.8 Å². The summed E-state index contributed by atoms with van der Waals surface area (Å²) in [6, 6.07) is 9.20. The lowest BCUT2D eigenvalue weighted by Gasteiger charge is -2.29. The molecule has 1 aromatic carbocycles. The fourth-order valence-corrected chi connectivity index (χ4v) is 2.98. The highest BCUT2D eigenvalue weighted by molar-refractivity contribution is 5.58. The summed E-state index contributed by atoms with van der Waals surface area (Å²) >= 11 is 0. The van der Waals surface area contributed by atoms with E-state index in [9.17, 15) is 0 Å². The van der Waals surface area contributed by atoms with Crippen molar-refractivity contribution in [3.05, 3.63) is 36.9 Å². The first-order valence-electron chi connectivity index (χ1n) is 8.25. The van der Waals surface area contributed by atoms with Crippen molar-refractivity contribution < 1.29 is 0 Å². The first kappa shape index (κ1) is 14.9. The van der Waals surface area contributed by atoms with Gasteiger partial charge in [0, 0.05) is 37.1 Å². The van der Waals surface area contributed by atoms with Gasteiger partial charge in [-0.25, -0.2) is 4.98 Å². The highest BCUT2D eigenvalue weighted by atomic mass is 15.3. The summed E-state index contributed by atoms with van der Waals surface area (Å²) < 4.78 is 1.88. The molecule has 1 saturated heterocycles. The fourth-order valence-electron chi connectivity index (χ4n) is 2.98. The van der Waals surface area contributed by atoms with Gasteiger partial charge in [0.15, 0.2) is 0 Å². The molecule has 5 nitrogen and oxygen atoms in total. The van der Waals surface area contributed by atoms with Crippen molar-refractivity contribution in [1.82, 2.24) is 14.8 Å². The van der Waals surface area contributed by atoms with E-state index < -0.39 is 0 Å². The normalized spacial score (nSPS) is 16.5. The summed E-state index contributed by atoms with van der Waals surface area (Å²) in [5, 5.41) is 7.74. The third kappa shape index (κ3) is 4.00. The van der Waals surface area contributed by atoms with E-state index in [1.165, 1.54) is 43.7 Å². The number of hydrogen-bond acceptors (Lipinski definition) is 4. The van der Waals surface area contributed by atoms with Crippen LogP contribution in [0.1, 0.15) is 32.6 Å². The molecule has 0 amide bonds. The molecule has 0 aliphatic carbocycles. The molecule has 0 saturated carbocycles. The molecule has 1 N–H and O–H groups in total. The van der Waals surface area contributed by atoms with Crippen LogP contribution in [0.2, 0.25) is 0 Å². The SMILES string of the molecule is C[C@H](CCn1cncn1)Nc1cccc(N2CCCCC2)c1. The molecule has 1 aliphatic rings. The number of piperidine rings is 1. The largest absolute Gasteiger partial charge is 0.382 e. The number of anilines is 2. The van der Waals surface area contributed by atoms with Gasteiger partial charge in [0.2, 0.25) is 0 Å². The van der Waals surface area contributed by atoms with E-state index in [2.05, 4.69) is 51.5 Å². The predicted octanol–water partition coefficient (Wildman–Crippen LogP) is 3.16. The lowest BCUT2D eigenvalue weighted by atomic mass is 10.1. The van der Waals surface area contributed by atoms with Crippen molar-refractivity contribution in [2.24, 2.45) is 0 Å². The van der Waals surface area contributed by atoms with Crippen LogP contribution in [-0.4, -0.2) is 33.9 Å². The highest BCUT2D eigenvalue weighted by Crippen LogP contribution is 2.23. The molecule has 0 bridgehead atoms. The number of aromatic nitrogens is 3. The van der Waals surface area contributed by atoms with Crippen LogP contribution in [0.4, 0.5) is 11.4 Å². The topological polar surface area (TPSA) is 46.0 Å². The average molecular weight is 299 g/mol. The van der Waals surface area contributed by atoms with E-state index in [4.69, 9.17) is 0 Å². The number of rotatable bonds is 6. The summed E-state index contributed by atoms with van der Waals surface area (Å²) in [7, 11) is 0. The summed E-state index contributed by atoms with van der Waals surface area (Å²) in [6.45, 7) is 5.47. The van der Waals surface area contributed by atoms with Crippen LogP contribution in [0.3, 0.4) is 0 Å². The van der Waals surface area contributed by atoms with E-state index in [1.54, 1.807) is 12.7 Å². The van der Waals surface area contributed by atoms with Gasteiger partial charge >= 0.3 is 0 Å². The number of nitrogens with one attached hydrogen (secondary N) is 1. The van der Waals surface area contributed by atoms with Crippen molar-refractivity contribution in [3.63, 3.8) is 0 Å². The second kappa shape index (κ2) is 7.29. The predicted molar refractivity (Wildman–Crippen MR) is 90.2 cm³/mol. The molecular weight excluding hydrogens is 274 g/mol. The Hall–Kier alpha value is -2.04. The van der Waals surface area contributed by atoms with Gasteiger partial charge in [-0.15, -0.1) is 0 Å². The van der Waals surface area contributed by atoms with Crippen LogP contribution < -0.4 is 10.2 Å². The Bertz CT molecular complexity index is 560. The van der Waals surface area contributed by atoms with Crippen molar-refractivity contribution in [2.45, 2.75) is 45.2 Å². The third-order valence-corrected chi connectivity index (χ3v) is 4.24. The molecule has 2 heterocycles. The van der Waals surface area contributed by atoms with Crippen LogP contribution in [-0.2, 0) is 6.54 Å². The Morgan fingerprint density at radius 2 is 2.09 bits per heavy atom. The lowest BCUT2D eigenvalue weighted by molar-refractivity contribution is 0.544. The summed E-state index contributed by atoms with van der Waals surface area (Å²) in [5.74, 6) is 0. The quantitative estimate of drug-likeness (QED) is 0.890. The molecule has 5 heteroatoms. The zero-order chi connectivity index (χ0) is 15.2. The molecule has 3 rings (SSSR count). The zero-order valence-corrected chi connectivity index (χ0v) is 13.3. The third-order valence-electron chi connectivity index (χ3n) is 4.24. The molecule has 2 aromatic rings. The van der Waals surface area contributed by atoms with Gasteiger partial charge in [-0.2, -0.15) is 5.10 Å². The molecule has 1 aromatic heterocycles. The molecule has 0 unspecified atom stereocenters. The molecule has 1 atom stereocenters. The van der Waals surface area contributed by atoms with Gasteiger partial charge in [-0.3, -0.25) is 4.68 Å². The number of hydrogen-bond donors (Lipinski definition) is 1. The first-order chi connectivity index (χ1) is 10.8. The van der Waals surface area contributed by atoms with E-state index in [1.807, 2.05) is 4.68 Å². The van der Waals surface area contributed by atoms with E-state index >= 15 is 0 Å². The number of aryl methyl sites for hydroxylation is 1. The van der Waals surface area contributed by atoms with Gasteiger partial charge in [0.05, 0.1) is 0 Å². The van der Waals surface area contributed by atoms with Crippen molar-refractivity contribution in [3.8, 4) is 0 Å². The van der Waals surface area contributed by atoms with E-state index in [0.29, 0.717) is 6.04 Å². The molecular formula is C17H25N5. The molecule has 0 radical (unpaired) electrons. The van der Waals surface area contributed by atoms with Gasteiger partial charge in [-0.1, -0.05) is 6.07 Å². The highest BCUT2D eigenvalue weighted by Gasteiger charge is 2.11. The van der Waals surface area contributed by atoms with Crippen molar-refractivity contribution in [2.75, 3.05) is 23.3 Å². The minimum absolute atomic E-state index is 0.404.